The number of H-pyrrole nitrogens is 2. The van der Waals surface area contributed by atoms with Crippen LogP contribution < -0.4 is 5.56 Å². The lowest BCUT2D eigenvalue weighted by atomic mass is 10.1. The number of fused-ring (bicyclic) bond motifs is 1. The maximum Gasteiger partial charge on any atom is 0.254 e. The summed E-state index contributed by atoms with van der Waals surface area (Å²) in [5, 5.41) is 10.2. The minimum atomic E-state index is -0.0325. The van der Waals surface area contributed by atoms with E-state index in [-0.39, 0.29) is 5.56 Å². The molecule has 0 aliphatic heterocycles. The van der Waals surface area contributed by atoms with Crippen LogP contribution in [0.1, 0.15) is 30.5 Å². The quantitative estimate of drug-likeness (QED) is 0.711. The number of aryl methyl sites for hydroxylation is 1. The highest BCUT2D eigenvalue weighted by atomic mass is 16.1. The van der Waals surface area contributed by atoms with Crippen LogP contribution in [0.15, 0.2) is 11.0 Å². The van der Waals surface area contributed by atoms with Gasteiger partial charge in [0.2, 0.25) is 0 Å². The van der Waals surface area contributed by atoms with E-state index in [1.54, 1.807) is 6.20 Å². The third kappa shape index (κ3) is 1.86. The minimum absolute atomic E-state index is 0.0325. The number of aromatic amines is 2. The van der Waals surface area contributed by atoms with Gasteiger partial charge in [-0.15, -0.1) is 0 Å². The van der Waals surface area contributed by atoms with E-state index in [1.165, 1.54) is 0 Å². The molecule has 17 heavy (non-hydrogen) atoms. The van der Waals surface area contributed by atoms with Crippen molar-refractivity contribution in [3.05, 3.63) is 27.8 Å². The van der Waals surface area contributed by atoms with E-state index in [9.17, 15) is 4.79 Å². The molecule has 0 fully saturated rings. The van der Waals surface area contributed by atoms with E-state index in [0.717, 1.165) is 43.4 Å². The Kier molecular flexibility index (Phi) is 2.47. The van der Waals surface area contributed by atoms with Crippen LogP contribution in [0.2, 0.25) is 0 Å². The molecule has 2 aromatic rings. The van der Waals surface area contributed by atoms with E-state index in [1.807, 2.05) is 0 Å². The van der Waals surface area contributed by atoms with Crippen molar-refractivity contribution < 1.29 is 0 Å². The van der Waals surface area contributed by atoms with Crippen molar-refractivity contribution in [3.8, 4) is 11.5 Å². The van der Waals surface area contributed by atoms with Gasteiger partial charge in [-0.2, -0.15) is 15.4 Å². The fourth-order valence-electron chi connectivity index (χ4n) is 2.22. The topological polar surface area (TPSA) is 87.3 Å². The number of aromatic nitrogens is 5. The smallest absolute Gasteiger partial charge is 0.254 e. The van der Waals surface area contributed by atoms with Gasteiger partial charge < -0.3 is 4.98 Å². The number of rotatable bonds is 1. The van der Waals surface area contributed by atoms with Crippen molar-refractivity contribution in [2.24, 2.45) is 0 Å². The van der Waals surface area contributed by atoms with E-state index in [4.69, 9.17) is 0 Å². The van der Waals surface area contributed by atoms with Crippen molar-refractivity contribution in [2.45, 2.75) is 32.1 Å². The molecule has 3 rings (SSSR count). The molecule has 2 N–H and O–H groups in total. The Morgan fingerprint density at radius 1 is 1.18 bits per heavy atom. The van der Waals surface area contributed by atoms with Gasteiger partial charge in [0.15, 0.2) is 5.82 Å². The van der Waals surface area contributed by atoms with Gasteiger partial charge in [0.05, 0.1) is 11.9 Å². The first-order valence-corrected chi connectivity index (χ1v) is 5.83. The van der Waals surface area contributed by atoms with Gasteiger partial charge in [-0.25, -0.2) is 4.98 Å². The summed E-state index contributed by atoms with van der Waals surface area (Å²) in [6.45, 7) is 0. The number of nitrogens with one attached hydrogen (secondary N) is 2. The van der Waals surface area contributed by atoms with Crippen LogP contribution in [0, 0.1) is 0 Å². The Labute approximate surface area is 97.5 Å². The number of hydrogen-bond acceptors (Lipinski definition) is 4. The average Bonchev–Trinajstić information content (AvgIpc) is 2.75. The zero-order chi connectivity index (χ0) is 11.7. The predicted molar refractivity (Wildman–Crippen MR) is 61.5 cm³/mol. The van der Waals surface area contributed by atoms with Crippen molar-refractivity contribution in [3.63, 3.8) is 0 Å². The largest absolute Gasteiger partial charge is 0.305 e. The molecule has 0 unspecified atom stereocenters. The summed E-state index contributed by atoms with van der Waals surface area (Å²) in [7, 11) is 0. The van der Waals surface area contributed by atoms with Crippen LogP contribution in [-0.2, 0) is 12.8 Å². The molecule has 0 bridgehead atoms. The van der Waals surface area contributed by atoms with Crippen LogP contribution in [0.3, 0.4) is 0 Å². The second kappa shape index (κ2) is 4.12. The minimum Gasteiger partial charge on any atom is -0.305 e. The maximum absolute atomic E-state index is 12.0. The van der Waals surface area contributed by atoms with Crippen molar-refractivity contribution in [1.29, 1.82) is 0 Å². The molecule has 0 saturated carbocycles. The van der Waals surface area contributed by atoms with Crippen molar-refractivity contribution in [2.75, 3.05) is 0 Å². The molecule has 1 aliphatic rings. The molecule has 0 spiro atoms. The van der Waals surface area contributed by atoms with E-state index < -0.39 is 0 Å². The molecular formula is C11H13N5O. The first-order chi connectivity index (χ1) is 8.34. The molecule has 2 heterocycles. The fourth-order valence-corrected chi connectivity index (χ4v) is 2.22. The molecule has 2 aromatic heterocycles. The molecule has 0 atom stereocenters. The summed E-state index contributed by atoms with van der Waals surface area (Å²) >= 11 is 0. The van der Waals surface area contributed by atoms with Gasteiger partial charge in [-0.05, 0) is 25.7 Å². The van der Waals surface area contributed by atoms with Crippen molar-refractivity contribution in [1.82, 2.24) is 25.4 Å². The van der Waals surface area contributed by atoms with E-state index in [2.05, 4.69) is 25.4 Å². The SMILES string of the molecule is O=c1[nH]c(-c2cn[nH]n2)nc2c1CCCCC2. The van der Waals surface area contributed by atoms with E-state index in [0.29, 0.717) is 11.5 Å². The monoisotopic (exact) mass is 231 g/mol. The normalized spacial score (nSPS) is 15.3. The third-order valence-corrected chi connectivity index (χ3v) is 3.10. The first-order valence-electron chi connectivity index (χ1n) is 5.83. The summed E-state index contributed by atoms with van der Waals surface area (Å²) in [4.78, 5) is 19.3. The second-order valence-electron chi connectivity index (χ2n) is 4.26. The van der Waals surface area contributed by atoms with Gasteiger partial charge in [-0.3, -0.25) is 4.79 Å². The lowest BCUT2D eigenvalue weighted by molar-refractivity contribution is 0.708. The molecule has 0 radical (unpaired) electrons. The van der Waals surface area contributed by atoms with Crippen LogP contribution in [0.4, 0.5) is 0 Å². The highest BCUT2D eigenvalue weighted by molar-refractivity contribution is 5.47. The molecule has 6 heteroatoms. The first kappa shape index (κ1) is 10.2. The highest BCUT2D eigenvalue weighted by Crippen LogP contribution is 2.17. The molecule has 1 aliphatic carbocycles. The number of nitrogens with zero attached hydrogens (tertiary/aromatic N) is 3. The van der Waals surface area contributed by atoms with Gasteiger partial charge in [0.1, 0.15) is 5.69 Å². The molecule has 6 nitrogen and oxygen atoms in total. The Morgan fingerprint density at radius 3 is 2.88 bits per heavy atom. The highest BCUT2D eigenvalue weighted by Gasteiger charge is 2.15. The van der Waals surface area contributed by atoms with Crippen LogP contribution >= 0.6 is 0 Å². The van der Waals surface area contributed by atoms with Gasteiger partial charge >= 0.3 is 0 Å². The third-order valence-electron chi connectivity index (χ3n) is 3.10. The Balaban J connectivity index is 2.12. The Morgan fingerprint density at radius 2 is 2.06 bits per heavy atom. The summed E-state index contributed by atoms with van der Waals surface area (Å²) < 4.78 is 0. The van der Waals surface area contributed by atoms with Crippen LogP contribution in [-0.4, -0.2) is 25.4 Å². The van der Waals surface area contributed by atoms with Crippen molar-refractivity contribution >= 4 is 0 Å². The van der Waals surface area contributed by atoms with Gasteiger partial charge in [0, 0.05) is 5.56 Å². The maximum atomic E-state index is 12.0. The van der Waals surface area contributed by atoms with E-state index >= 15 is 0 Å². The standard InChI is InChI=1S/C11H13N5O/c17-11-7-4-2-1-3-5-8(7)13-10(14-11)9-6-12-16-15-9/h6H,1-5H2,(H,12,15,16)(H,13,14,17). The molecule has 0 aromatic carbocycles. The summed E-state index contributed by atoms with van der Waals surface area (Å²) in [5.41, 5.74) is 2.31. The fraction of sp³-hybridized carbons (Fsp3) is 0.455. The summed E-state index contributed by atoms with van der Waals surface area (Å²) in [6.07, 6.45) is 6.60. The predicted octanol–water partition coefficient (Wildman–Crippen LogP) is 0.824. The summed E-state index contributed by atoms with van der Waals surface area (Å²) in [5.74, 6) is 0.504. The Hall–Kier alpha value is -1.98. The molecule has 0 saturated heterocycles. The molecule has 88 valence electrons. The number of hydrogen-bond donors (Lipinski definition) is 2. The zero-order valence-corrected chi connectivity index (χ0v) is 9.36. The lowest BCUT2D eigenvalue weighted by Crippen LogP contribution is -2.18. The molecule has 0 amide bonds. The summed E-state index contributed by atoms with van der Waals surface area (Å²) in [6, 6.07) is 0. The van der Waals surface area contributed by atoms with Gasteiger partial charge in [-0.1, -0.05) is 6.42 Å². The zero-order valence-electron chi connectivity index (χ0n) is 9.36. The Bertz CT molecular complexity index is 572. The lowest BCUT2D eigenvalue weighted by Gasteiger charge is -2.04. The van der Waals surface area contributed by atoms with Crippen LogP contribution in [0.5, 0.6) is 0 Å². The molecular weight excluding hydrogens is 218 g/mol. The van der Waals surface area contributed by atoms with Gasteiger partial charge in [0.25, 0.3) is 5.56 Å². The average molecular weight is 231 g/mol. The second-order valence-corrected chi connectivity index (χ2v) is 4.26. The van der Waals surface area contributed by atoms with Crippen LogP contribution in [0.25, 0.3) is 11.5 Å².